The SMILES string of the molecule is Cc1cc(Br)ccc1-c1ccc(=O)[nH]n1. The topological polar surface area (TPSA) is 45.8 Å². The molecule has 0 aliphatic heterocycles. The zero-order chi connectivity index (χ0) is 10.8. The van der Waals surface area contributed by atoms with E-state index in [0.717, 1.165) is 21.3 Å². The first-order chi connectivity index (χ1) is 7.16. The van der Waals surface area contributed by atoms with Crippen LogP contribution in [0.4, 0.5) is 0 Å². The molecule has 2 aromatic rings. The van der Waals surface area contributed by atoms with E-state index in [2.05, 4.69) is 26.1 Å². The summed E-state index contributed by atoms with van der Waals surface area (Å²) in [5.74, 6) is 0. The largest absolute Gasteiger partial charge is 0.268 e. The molecule has 1 N–H and O–H groups in total. The fraction of sp³-hybridized carbons (Fsp3) is 0.0909. The van der Waals surface area contributed by atoms with Crippen molar-refractivity contribution in [2.75, 3.05) is 0 Å². The zero-order valence-electron chi connectivity index (χ0n) is 8.12. The van der Waals surface area contributed by atoms with E-state index in [1.54, 1.807) is 6.07 Å². The fourth-order valence-corrected chi connectivity index (χ4v) is 1.88. The predicted molar refractivity (Wildman–Crippen MR) is 62.7 cm³/mol. The highest BCUT2D eigenvalue weighted by Gasteiger charge is 2.03. The van der Waals surface area contributed by atoms with E-state index in [0.29, 0.717) is 0 Å². The molecule has 3 nitrogen and oxygen atoms in total. The number of benzene rings is 1. The van der Waals surface area contributed by atoms with Crippen LogP contribution >= 0.6 is 15.9 Å². The molecule has 15 heavy (non-hydrogen) atoms. The third-order valence-electron chi connectivity index (χ3n) is 2.14. The first-order valence-corrected chi connectivity index (χ1v) is 5.28. The lowest BCUT2D eigenvalue weighted by molar-refractivity contribution is 0.994. The van der Waals surface area contributed by atoms with Crippen molar-refractivity contribution in [1.29, 1.82) is 0 Å². The van der Waals surface area contributed by atoms with Crippen LogP contribution < -0.4 is 5.56 Å². The van der Waals surface area contributed by atoms with Gasteiger partial charge in [0.15, 0.2) is 0 Å². The standard InChI is InChI=1S/C11H9BrN2O/c1-7-6-8(12)2-3-9(7)10-4-5-11(15)14-13-10/h2-6H,1H3,(H,14,15). The average Bonchev–Trinajstić information content (AvgIpc) is 2.20. The molecule has 0 radical (unpaired) electrons. The highest BCUT2D eigenvalue weighted by molar-refractivity contribution is 9.10. The molecule has 1 aromatic heterocycles. The molecule has 0 saturated heterocycles. The van der Waals surface area contributed by atoms with Gasteiger partial charge in [0.1, 0.15) is 0 Å². The summed E-state index contributed by atoms with van der Waals surface area (Å²) in [7, 11) is 0. The maximum absolute atomic E-state index is 10.9. The zero-order valence-corrected chi connectivity index (χ0v) is 9.71. The van der Waals surface area contributed by atoms with Gasteiger partial charge < -0.3 is 0 Å². The summed E-state index contributed by atoms with van der Waals surface area (Å²) in [6.45, 7) is 2.01. The Labute approximate surface area is 95.3 Å². The predicted octanol–water partition coefficient (Wildman–Crippen LogP) is 2.51. The Hall–Kier alpha value is -1.42. The van der Waals surface area contributed by atoms with Crippen LogP contribution in [0, 0.1) is 6.92 Å². The van der Waals surface area contributed by atoms with Crippen molar-refractivity contribution >= 4 is 15.9 Å². The summed E-state index contributed by atoms with van der Waals surface area (Å²) >= 11 is 3.40. The smallest absolute Gasteiger partial charge is 0.264 e. The molecule has 0 aliphatic rings. The van der Waals surface area contributed by atoms with Crippen molar-refractivity contribution in [2.45, 2.75) is 6.92 Å². The van der Waals surface area contributed by atoms with Gasteiger partial charge in [0.25, 0.3) is 5.56 Å². The molecule has 0 bridgehead atoms. The fourth-order valence-electron chi connectivity index (χ4n) is 1.41. The van der Waals surface area contributed by atoms with Gasteiger partial charge in [0, 0.05) is 16.1 Å². The molecule has 2 rings (SSSR count). The van der Waals surface area contributed by atoms with Gasteiger partial charge in [-0.2, -0.15) is 5.10 Å². The normalized spacial score (nSPS) is 10.3. The van der Waals surface area contributed by atoms with Crippen molar-refractivity contribution in [3.8, 4) is 11.3 Å². The molecule has 0 unspecified atom stereocenters. The van der Waals surface area contributed by atoms with E-state index in [1.165, 1.54) is 6.07 Å². The lowest BCUT2D eigenvalue weighted by Gasteiger charge is -2.04. The van der Waals surface area contributed by atoms with E-state index in [4.69, 9.17) is 0 Å². The summed E-state index contributed by atoms with van der Waals surface area (Å²) in [4.78, 5) is 10.9. The van der Waals surface area contributed by atoms with Gasteiger partial charge in [-0.25, -0.2) is 5.10 Å². The highest BCUT2D eigenvalue weighted by Crippen LogP contribution is 2.23. The summed E-state index contributed by atoms with van der Waals surface area (Å²) in [5, 5.41) is 6.41. The minimum absolute atomic E-state index is 0.187. The summed E-state index contributed by atoms with van der Waals surface area (Å²) in [5.41, 5.74) is 2.73. The molecule has 1 heterocycles. The number of nitrogens with zero attached hydrogens (tertiary/aromatic N) is 1. The van der Waals surface area contributed by atoms with E-state index in [9.17, 15) is 4.79 Å². The van der Waals surface area contributed by atoms with Gasteiger partial charge >= 0.3 is 0 Å². The summed E-state index contributed by atoms with van der Waals surface area (Å²) in [6.07, 6.45) is 0. The molecule has 0 aliphatic carbocycles. The van der Waals surface area contributed by atoms with Crippen LogP contribution in [-0.4, -0.2) is 10.2 Å². The van der Waals surface area contributed by atoms with Crippen LogP contribution in [0.2, 0.25) is 0 Å². The number of aromatic amines is 1. The Morgan fingerprint density at radius 1 is 1.27 bits per heavy atom. The number of rotatable bonds is 1. The second kappa shape index (κ2) is 3.98. The van der Waals surface area contributed by atoms with Crippen LogP contribution in [0.15, 0.2) is 39.6 Å². The monoisotopic (exact) mass is 264 g/mol. The van der Waals surface area contributed by atoms with Crippen LogP contribution in [0.25, 0.3) is 11.3 Å². The van der Waals surface area contributed by atoms with Gasteiger partial charge in [-0.05, 0) is 30.7 Å². The molecule has 0 saturated carbocycles. The van der Waals surface area contributed by atoms with Gasteiger partial charge in [-0.1, -0.05) is 22.0 Å². The highest BCUT2D eigenvalue weighted by atomic mass is 79.9. The molecule has 1 aromatic carbocycles. The second-order valence-corrected chi connectivity index (χ2v) is 4.18. The lowest BCUT2D eigenvalue weighted by atomic mass is 10.1. The van der Waals surface area contributed by atoms with Crippen LogP contribution in [0.1, 0.15) is 5.56 Å². The average molecular weight is 265 g/mol. The molecular weight excluding hydrogens is 256 g/mol. The molecule has 0 amide bonds. The number of H-pyrrole nitrogens is 1. The number of hydrogen-bond acceptors (Lipinski definition) is 2. The Morgan fingerprint density at radius 2 is 2.07 bits per heavy atom. The van der Waals surface area contributed by atoms with Crippen molar-refractivity contribution in [3.05, 3.63) is 50.7 Å². The van der Waals surface area contributed by atoms with E-state index < -0.39 is 0 Å². The first kappa shape index (κ1) is 10.1. The third-order valence-corrected chi connectivity index (χ3v) is 2.64. The first-order valence-electron chi connectivity index (χ1n) is 4.49. The van der Waals surface area contributed by atoms with Crippen molar-refractivity contribution in [1.82, 2.24) is 10.2 Å². The van der Waals surface area contributed by atoms with Crippen LogP contribution in [0.3, 0.4) is 0 Å². The molecule has 0 fully saturated rings. The number of nitrogens with one attached hydrogen (secondary N) is 1. The summed E-state index contributed by atoms with van der Waals surface area (Å²) in [6, 6.07) is 9.14. The number of aryl methyl sites for hydroxylation is 1. The molecule has 76 valence electrons. The molecular formula is C11H9BrN2O. The Bertz CT molecular complexity index is 528. The minimum atomic E-state index is -0.187. The Kier molecular flexibility index (Phi) is 2.68. The minimum Gasteiger partial charge on any atom is -0.268 e. The van der Waals surface area contributed by atoms with E-state index in [-0.39, 0.29) is 5.56 Å². The quantitative estimate of drug-likeness (QED) is 0.861. The van der Waals surface area contributed by atoms with E-state index >= 15 is 0 Å². The van der Waals surface area contributed by atoms with Crippen molar-refractivity contribution in [3.63, 3.8) is 0 Å². The van der Waals surface area contributed by atoms with Crippen molar-refractivity contribution in [2.24, 2.45) is 0 Å². The summed E-state index contributed by atoms with van der Waals surface area (Å²) < 4.78 is 1.04. The van der Waals surface area contributed by atoms with Crippen molar-refractivity contribution < 1.29 is 0 Å². The number of aromatic nitrogens is 2. The Balaban J connectivity index is 2.54. The molecule has 0 spiro atoms. The third kappa shape index (κ3) is 2.15. The molecule has 0 atom stereocenters. The van der Waals surface area contributed by atoms with Crippen LogP contribution in [0.5, 0.6) is 0 Å². The van der Waals surface area contributed by atoms with E-state index in [1.807, 2.05) is 25.1 Å². The number of hydrogen-bond donors (Lipinski definition) is 1. The molecule has 4 heteroatoms. The van der Waals surface area contributed by atoms with Crippen LogP contribution in [-0.2, 0) is 0 Å². The van der Waals surface area contributed by atoms with Gasteiger partial charge in [0.2, 0.25) is 0 Å². The number of halogens is 1. The maximum Gasteiger partial charge on any atom is 0.264 e. The Morgan fingerprint density at radius 3 is 2.67 bits per heavy atom. The maximum atomic E-state index is 10.9. The van der Waals surface area contributed by atoms with Gasteiger partial charge in [0.05, 0.1) is 5.69 Å². The van der Waals surface area contributed by atoms with Gasteiger partial charge in [-0.15, -0.1) is 0 Å². The van der Waals surface area contributed by atoms with Gasteiger partial charge in [-0.3, -0.25) is 4.79 Å². The second-order valence-electron chi connectivity index (χ2n) is 3.27. The lowest BCUT2D eigenvalue weighted by Crippen LogP contribution is -2.05.